The number of pyridine rings is 1. The topological polar surface area (TPSA) is 57.6 Å². The van der Waals surface area contributed by atoms with E-state index in [0.29, 0.717) is 13.1 Å². The maximum absolute atomic E-state index is 11.0. The fourth-order valence-electron chi connectivity index (χ4n) is 3.09. The monoisotopic (exact) mass is 359 g/mol. The minimum Gasteiger partial charge on any atom is -0.497 e. The quantitative estimate of drug-likeness (QED) is 0.748. The maximum Gasteiger partial charge on any atom is 0.121 e. The zero-order chi connectivity index (χ0) is 19.4. The van der Waals surface area contributed by atoms with Crippen LogP contribution in [0.2, 0.25) is 0 Å². The molecule has 0 saturated heterocycles. The van der Waals surface area contributed by atoms with Gasteiger partial charge in [-0.05, 0) is 52.8 Å². The lowest BCUT2D eigenvalue weighted by Crippen LogP contribution is -2.52. The van der Waals surface area contributed by atoms with Gasteiger partial charge in [-0.3, -0.25) is 9.88 Å². The number of ether oxygens (including phenoxy) is 1. The van der Waals surface area contributed by atoms with Crippen molar-refractivity contribution >= 4 is 16.6 Å². The number of aliphatic hydroxyl groups is 1. The van der Waals surface area contributed by atoms with Crippen LogP contribution in [0.5, 0.6) is 5.75 Å². The van der Waals surface area contributed by atoms with Crippen molar-refractivity contribution in [1.82, 2.24) is 9.88 Å². The molecule has 1 aromatic heterocycles. The Morgan fingerprint density at radius 2 is 1.96 bits per heavy atom. The molecule has 1 heterocycles. The average Bonchev–Trinajstić information content (AvgIpc) is 2.58. The molecule has 0 saturated carbocycles. The van der Waals surface area contributed by atoms with Crippen LogP contribution in [0.4, 0.5) is 5.69 Å². The lowest BCUT2D eigenvalue weighted by Gasteiger charge is -2.40. The second kappa shape index (κ2) is 8.23. The van der Waals surface area contributed by atoms with E-state index in [9.17, 15) is 5.11 Å². The number of hydrogen-bond donors (Lipinski definition) is 2. The van der Waals surface area contributed by atoms with Gasteiger partial charge < -0.3 is 15.2 Å². The summed E-state index contributed by atoms with van der Waals surface area (Å²) < 4.78 is 5.40. The zero-order valence-electron chi connectivity index (χ0n) is 17.0. The normalized spacial score (nSPS) is 14.5. The number of aromatic nitrogens is 1. The fourth-order valence-corrected chi connectivity index (χ4v) is 3.09. The number of fused-ring (bicyclic) bond motifs is 1. The summed E-state index contributed by atoms with van der Waals surface area (Å²) in [5.74, 6) is 0.773. The predicted molar refractivity (Wildman–Crippen MR) is 109 cm³/mol. The summed E-state index contributed by atoms with van der Waals surface area (Å²) in [6.07, 6.45) is 2.84. The van der Waals surface area contributed by atoms with Crippen LogP contribution >= 0.6 is 0 Å². The Labute approximate surface area is 157 Å². The van der Waals surface area contributed by atoms with Crippen LogP contribution in [0.25, 0.3) is 10.9 Å². The molecule has 0 spiro atoms. The zero-order valence-corrected chi connectivity index (χ0v) is 17.0. The van der Waals surface area contributed by atoms with Gasteiger partial charge >= 0.3 is 0 Å². The van der Waals surface area contributed by atoms with Crippen molar-refractivity contribution in [3.05, 3.63) is 30.5 Å². The van der Waals surface area contributed by atoms with Gasteiger partial charge in [0, 0.05) is 36.3 Å². The molecule has 5 nitrogen and oxygen atoms in total. The SMILES string of the molecule is CCCN(C[C@@](C)(O)CNc1cc(OC)cc2cccnc12)C(C)(C)C. The largest absolute Gasteiger partial charge is 0.497 e. The van der Waals surface area contributed by atoms with Crippen molar-refractivity contribution < 1.29 is 9.84 Å². The molecular weight excluding hydrogens is 326 g/mol. The van der Waals surface area contributed by atoms with E-state index in [1.54, 1.807) is 13.3 Å². The van der Waals surface area contributed by atoms with E-state index in [-0.39, 0.29) is 5.54 Å². The van der Waals surface area contributed by atoms with Crippen LogP contribution < -0.4 is 10.1 Å². The summed E-state index contributed by atoms with van der Waals surface area (Å²) >= 11 is 0. The Morgan fingerprint density at radius 3 is 2.58 bits per heavy atom. The summed E-state index contributed by atoms with van der Waals surface area (Å²) in [5, 5.41) is 15.4. The van der Waals surface area contributed by atoms with Gasteiger partial charge in [0.15, 0.2) is 0 Å². The standard InChI is InChI=1S/C21H33N3O2/c1-7-11-24(20(2,3)4)15-21(5,25)14-23-18-13-17(26-6)12-16-9-8-10-22-19(16)18/h8-10,12-13,23,25H,7,11,14-15H2,1-6H3/t21-/m0/s1. The number of hydrogen-bond acceptors (Lipinski definition) is 5. The molecule has 2 N–H and O–H groups in total. The molecule has 26 heavy (non-hydrogen) atoms. The Morgan fingerprint density at radius 1 is 1.23 bits per heavy atom. The van der Waals surface area contributed by atoms with Crippen LogP contribution in [-0.2, 0) is 0 Å². The highest BCUT2D eigenvalue weighted by molar-refractivity contribution is 5.91. The van der Waals surface area contributed by atoms with Crippen molar-refractivity contribution in [2.45, 2.75) is 52.2 Å². The van der Waals surface area contributed by atoms with Gasteiger partial charge in [0.25, 0.3) is 0 Å². The van der Waals surface area contributed by atoms with Gasteiger partial charge in [-0.2, -0.15) is 0 Å². The molecule has 144 valence electrons. The number of rotatable bonds is 8. The smallest absolute Gasteiger partial charge is 0.121 e. The molecule has 0 unspecified atom stereocenters. The molecule has 2 aromatic rings. The van der Waals surface area contributed by atoms with E-state index in [1.165, 1.54) is 0 Å². The highest BCUT2D eigenvalue weighted by atomic mass is 16.5. The second-order valence-corrected chi connectivity index (χ2v) is 8.19. The number of β-amino-alcohol motifs (C(OH)–C–C–N with tert-alkyl or cyclic N) is 1. The van der Waals surface area contributed by atoms with Crippen LogP contribution in [0.1, 0.15) is 41.0 Å². The lowest BCUT2D eigenvalue weighted by molar-refractivity contribution is -0.000496. The number of methoxy groups -OCH3 is 1. The third kappa shape index (κ3) is 5.32. The Bertz CT molecular complexity index is 723. The first kappa shape index (κ1) is 20.5. The van der Waals surface area contributed by atoms with Gasteiger partial charge in [0.1, 0.15) is 5.75 Å². The Kier molecular flexibility index (Phi) is 6.48. The summed E-state index contributed by atoms with van der Waals surface area (Å²) in [5.41, 5.74) is 0.903. The molecule has 0 bridgehead atoms. The molecule has 0 aliphatic carbocycles. The van der Waals surface area contributed by atoms with Gasteiger partial charge in [-0.25, -0.2) is 0 Å². The number of nitrogens with zero attached hydrogens (tertiary/aromatic N) is 2. The van der Waals surface area contributed by atoms with Gasteiger partial charge in [0.2, 0.25) is 0 Å². The first-order valence-corrected chi connectivity index (χ1v) is 9.30. The Balaban J connectivity index is 2.17. The van der Waals surface area contributed by atoms with Gasteiger partial charge in [-0.1, -0.05) is 13.0 Å². The van der Waals surface area contributed by atoms with Gasteiger partial charge in [-0.15, -0.1) is 0 Å². The molecule has 5 heteroatoms. The number of benzene rings is 1. The van der Waals surface area contributed by atoms with E-state index in [2.05, 4.69) is 42.9 Å². The summed E-state index contributed by atoms with van der Waals surface area (Å²) in [6.45, 7) is 12.6. The van der Waals surface area contributed by atoms with Crippen molar-refractivity contribution in [3.8, 4) is 5.75 Å². The van der Waals surface area contributed by atoms with Crippen LogP contribution in [-0.4, -0.2) is 52.9 Å². The van der Waals surface area contributed by atoms with E-state index in [1.807, 2.05) is 31.2 Å². The van der Waals surface area contributed by atoms with Crippen molar-refractivity contribution in [3.63, 3.8) is 0 Å². The van der Waals surface area contributed by atoms with Crippen molar-refractivity contribution in [2.24, 2.45) is 0 Å². The fraction of sp³-hybridized carbons (Fsp3) is 0.571. The predicted octanol–water partition coefficient (Wildman–Crippen LogP) is 3.92. The molecule has 2 rings (SSSR count). The molecular formula is C21H33N3O2. The van der Waals surface area contributed by atoms with Crippen molar-refractivity contribution in [1.29, 1.82) is 0 Å². The molecule has 0 amide bonds. The second-order valence-electron chi connectivity index (χ2n) is 8.19. The minimum atomic E-state index is -0.868. The van der Waals surface area contributed by atoms with Crippen molar-refractivity contribution in [2.75, 3.05) is 32.1 Å². The summed E-state index contributed by atoms with van der Waals surface area (Å²) in [6, 6.07) is 7.82. The molecule has 1 atom stereocenters. The van der Waals surface area contributed by atoms with Crippen LogP contribution in [0, 0.1) is 0 Å². The average molecular weight is 360 g/mol. The molecule has 0 radical (unpaired) electrons. The van der Waals surface area contributed by atoms with E-state index in [4.69, 9.17) is 4.74 Å². The van der Waals surface area contributed by atoms with Crippen LogP contribution in [0.15, 0.2) is 30.5 Å². The number of nitrogens with one attached hydrogen (secondary N) is 1. The highest BCUT2D eigenvalue weighted by Crippen LogP contribution is 2.28. The maximum atomic E-state index is 11.0. The molecule has 0 aliphatic rings. The molecule has 1 aromatic carbocycles. The summed E-state index contributed by atoms with van der Waals surface area (Å²) in [4.78, 5) is 6.81. The van der Waals surface area contributed by atoms with Crippen LogP contribution in [0.3, 0.4) is 0 Å². The van der Waals surface area contributed by atoms with Gasteiger partial charge in [0.05, 0.1) is 23.9 Å². The molecule has 0 fully saturated rings. The van der Waals surface area contributed by atoms with E-state index >= 15 is 0 Å². The third-order valence-electron chi connectivity index (χ3n) is 4.55. The molecule has 0 aliphatic heterocycles. The first-order chi connectivity index (χ1) is 12.2. The minimum absolute atomic E-state index is 0.0181. The third-order valence-corrected chi connectivity index (χ3v) is 4.55. The first-order valence-electron chi connectivity index (χ1n) is 9.30. The Hall–Kier alpha value is -1.85. The van der Waals surface area contributed by atoms with E-state index in [0.717, 1.165) is 35.3 Å². The summed E-state index contributed by atoms with van der Waals surface area (Å²) in [7, 11) is 1.66. The number of anilines is 1. The highest BCUT2D eigenvalue weighted by Gasteiger charge is 2.29. The lowest BCUT2D eigenvalue weighted by atomic mass is 9.99. The van der Waals surface area contributed by atoms with E-state index < -0.39 is 5.60 Å².